The number of aliphatic hydroxyl groups is 1. The molecule has 84 valence electrons. The van der Waals surface area contributed by atoms with Crippen molar-refractivity contribution >= 4 is 0 Å². The summed E-state index contributed by atoms with van der Waals surface area (Å²) in [6.07, 6.45) is 5.47. The number of rotatable bonds is 3. The van der Waals surface area contributed by atoms with Crippen LogP contribution in [0, 0.1) is 5.41 Å². The molecule has 0 aromatic carbocycles. The van der Waals surface area contributed by atoms with Crippen LogP contribution in [0.25, 0.3) is 0 Å². The Morgan fingerprint density at radius 2 is 1.86 bits per heavy atom. The number of hydrogen-bond acceptors (Lipinski definition) is 2. The summed E-state index contributed by atoms with van der Waals surface area (Å²) < 4.78 is 0. The lowest BCUT2D eigenvalue weighted by Gasteiger charge is -2.28. The van der Waals surface area contributed by atoms with E-state index in [4.69, 9.17) is 0 Å². The highest BCUT2D eigenvalue weighted by Crippen LogP contribution is 2.37. The van der Waals surface area contributed by atoms with Gasteiger partial charge in [0.1, 0.15) is 0 Å². The first-order valence-electron chi connectivity index (χ1n) is 5.91. The van der Waals surface area contributed by atoms with Crippen LogP contribution in [0.4, 0.5) is 0 Å². The highest BCUT2D eigenvalue weighted by atomic mass is 16.3. The zero-order valence-electron chi connectivity index (χ0n) is 9.90. The third-order valence-corrected chi connectivity index (χ3v) is 3.47. The number of hydrogen-bond donors (Lipinski definition) is 2. The van der Waals surface area contributed by atoms with Gasteiger partial charge in [0.2, 0.25) is 0 Å². The molecule has 1 atom stereocenters. The average molecular weight is 199 g/mol. The standard InChI is InChI=1S/C12H25NO/c1-4-13-10-12(14)7-5-6-11(2,3)8-9-12/h13-14H,4-10H2,1-3H3. The van der Waals surface area contributed by atoms with Gasteiger partial charge in [-0.15, -0.1) is 0 Å². The van der Waals surface area contributed by atoms with Crippen molar-refractivity contribution in [2.45, 2.75) is 58.5 Å². The van der Waals surface area contributed by atoms with Crippen LogP contribution in [0.2, 0.25) is 0 Å². The SMILES string of the molecule is CCNCC1(O)CCCC(C)(C)CC1. The molecule has 1 rings (SSSR count). The van der Waals surface area contributed by atoms with Crippen molar-refractivity contribution in [2.75, 3.05) is 13.1 Å². The van der Waals surface area contributed by atoms with Gasteiger partial charge in [0.05, 0.1) is 5.60 Å². The van der Waals surface area contributed by atoms with Crippen molar-refractivity contribution in [1.82, 2.24) is 5.32 Å². The highest BCUT2D eigenvalue weighted by molar-refractivity contribution is 4.87. The number of nitrogens with one attached hydrogen (secondary N) is 1. The Hall–Kier alpha value is -0.0800. The maximum Gasteiger partial charge on any atom is 0.0771 e. The monoisotopic (exact) mass is 199 g/mol. The van der Waals surface area contributed by atoms with Crippen LogP contribution in [-0.2, 0) is 0 Å². The molecule has 0 amide bonds. The van der Waals surface area contributed by atoms with Crippen LogP contribution in [0.3, 0.4) is 0 Å². The van der Waals surface area contributed by atoms with Gasteiger partial charge >= 0.3 is 0 Å². The van der Waals surface area contributed by atoms with Crippen LogP contribution in [-0.4, -0.2) is 23.8 Å². The van der Waals surface area contributed by atoms with E-state index < -0.39 is 5.60 Å². The van der Waals surface area contributed by atoms with Crippen LogP contribution in [0.1, 0.15) is 52.9 Å². The van der Waals surface area contributed by atoms with Gasteiger partial charge in [-0.1, -0.05) is 27.2 Å². The summed E-state index contributed by atoms with van der Waals surface area (Å²) in [6.45, 7) is 8.42. The van der Waals surface area contributed by atoms with Crippen LogP contribution < -0.4 is 5.32 Å². The first kappa shape index (κ1) is 12.0. The molecule has 0 radical (unpaired) electrons. The van der Waals surface area contributed by atoms with E-state index in [-0.39, 0.29) is 0 Å². The molecular weight excluding hydrogens is 174 g/mol. The van der Waals surface area contributed by atoms with E-state index in [1.807, 2.05) is 0 Å². The maximum absolute atomic E-state index is 10.4. The average Bonchev–Trinajstić information content (AvgIpc) is 2.24. The van der Waals surface area contributed by atoms with Gasteiger partial charge in [0.25, 0.3) is 0 Å². The Morgan fingerprint density at radius 1 is 1.14 bits per heavy atom. The van der Waals surface area contributed by atoms with Crippen molar-refractivity contribution in [2.24, 2.45) is 5.41 Å². The zero-order chi connectivity index (χ0) is 10.7. The van der Waals surface area contributed by atoms with Crippen molar-refractivity contribution in [1.29, 1.82) is 0 Å². The Morgan fingerprint density at radius 3 is 2.50 bits per heavy atom. The van der Waals surface area contributed by atoms with E-state index in [0.717, 1.165) is 38.8 Å². The van der Waals surface area contributed by atoms with Gasteiger partial charge in [-0.2, -0.15) is 0 Å². The summed E-state index contributed by atoms with van der Waals surface area (Å²) in [5.41, 5.74) is -0.0134. The molecule has 0 bridgehead atoms. The van der Waals surface area contributed by atoms with E-state index in [2.05, 4.69) is 26.1 Å². The minimum absolute atomic E-state index is 0.427. The van der Waals surface area contributed by atoms with Gasteiger partial charge in [-0.05, 0) is 37.6 Å². The quantitative estimate of drug-likeness (QED) is 0.684. The van der Waals surface area contributed by atoms with Crippen molar-refractivity contribution in [3.8, 4) is 0 Å². The van der Waals surface area contributed by atoms with Gasteiger partial charge in [0.15, 0.2) is 0 Å². The van der Waals surface area contributed by atoms with Gasteiger partial charge in [-0.3, -0.25) is 0 Å². The number of likely N-dealkylation sites (N-methyl/N-ethyl adjacent to an activating group) is 1. The summed E-state index contributed by atoms with van der Waals surface area (Å²) in [4.78, 5) is 0. The molecule has 1 saturated carbocycles. The van der Waals surface area contributed by atoms with Crippen molar-refractivity contribution in [3.05, 3.63) is 0 Å². The molecule has 0 aromatic heterocycles. The Kier molecular flexibility index (Phi) is 3.96. The fourth-order valence-corrected chi connectivity index (χ4v) is 2.25. The second-order valence-corrected chi connectivity index (χ2v) is 5.52. The zero-order valence-corrected chi connectivity index (χ0v) is 9.90. The van der Waals surface area contributed by atoms with E-state index in [0.29, 0.717) is 5.41 Å². The molecule has 1 aliphatic carbocycles. The highest BCUT2D eigenvalue weighted by Gasteiger charge is 2.33. The third kappa shape index (κ3) is 3.58. The van der Waals surface area contributed by atoms with Gasteiger partial charge in [-0.25, -0.2) is 0 Å². The normalized spacial score (nSPS) is 32.6. The van der Waals surface area contributed by atoms with Gasteiger partial charge < -0.3 is 10.4 Å². The lowest BCUT2D eigenvalue weighted by atomic mass is 9.84. The molecular formula is C12H25NO. The molecule has 2 N–H and O–H groups in total. The Bertz CT molecular complexity index is 179. The molecule has 2 heteroatoms. The molecule has 1 unspecified atom stereocenters. The van der Waals surface area contributed by atoms with E-state index in [9.17, 15) is 5.11 Å². The second-order valence-electron chi connectivity index (χ2n) is 5.52. The van der Waals surface area contributed by atoms with Crippen molar-refractivity contribution in [3.63, 3.8) is 0 Å². The van der Waals surface area contributed by atoms with E-state index >= 15 is 0 Å². The Balaban J connectivity index is 2.47. The maximum atomic E-state index is 10.4. The lowest BCUT2D eigenvalue weighted by molar-refractivity contribution is 0.0232. The second kappa shape index (κ2) is 4.63. The third-order valence-electron chi connectivity index (χ3n) is 3.47. The summed E-state index contributed by atoms with van der Waals surface area (Å²) >= 11 is 0. The largest absolute Gasteiger partial charge is 0.389 e. The lowest BCUT2D eigenvalue weighted by Crippen LogP contribution is -2.40. The van der Waals surface area contributed by atoms with E-state index in [1.165, 1.54) is 6.42 Å². The topological polar surface area (TPSA) is 32.3 Å². The minimum Gasteiger partial charge on any atom is -0.389 e. The van der Waals surface area contributed by atoms with Crippen molar-refractivity contribution < 1.29 is 5.11 Å². The summed E-state index contributed by atoms with van der Waals surface area (Å²) in [5.74, 6) is 0. The van der Waals surface area contributed by atoms with Crippen LogP contribution >= 0.6 is 0 Å². The molecule has 0 aliphatic heterocycles. The van der Waals surface area contributed by atoms with Gasteiger partial charge in [0, 0.05) is 6.54 Å². The molecule has 0 aromatic rings. The molecule has 0 saturated heterocycles. The predicted octanol–water partition coefficient (Wildman–Crippen LogP) is 2.32. The summed E-state index contributed by atoms with van der Waals surface area (Å²) in [7, 11) is 0. The molecule has 14 heavy (non-hydrogen) atoms. The minimum atomic E-state index is -0.441. The van der Waals surface area contributed by atoms with Crippen LogP contribution in [0.15, 0.2) is 0 Å². The molecule has 1 fully saturated rings. The predicted molar refractivity (Wildman–Crippen MR) is 60.4 cm³/mol. The first-order chi connectivity index (χ1) is 6.47. The summed E-state index contributed by atoms with van der Waals surface area (Å²) in [6, 6.07) is 0. The fraction of sp³-hybridized carbons (Fsp3) is 1.00. The molecule has 0 heterocycles. The van der Waals surface area contributed by atoms with Crippen LogP contribution in [0.5, 0.6) is 0 Å². The van der Waals surface area contributed by atoms with E-state index in [1.54, 1.807) is 0 Å². The molecule has 1 aliphatic rings. The Labute approximate surface area is 88.1 Å². The first-order valence-corrected chi connectivity index (χ1v) is 5.91. The molecule has 0 spiro atoms. The fourth-order valence-electron chi connectivity index (χ4n) is 2.25. The smallest absolute Gasteiger partial charge is 0.0771 e. The summed E-state index contributed by atoms with van der Waals surface area (Å²) in [5, 5.41) is 13.6. The molecule has 2 nitrogen and oxygen atoms in total.